The lowest BCUT2D eigenvalue weighted by atomic mass is 10.1. The Morgan fingerprint density at radius 2 is 1.62 bits per heavy atom. The van der Waals surface area contributed by atoms with E-state index in [4.69, 9.17) is 33.0 Å². The summed E-state index contributed by atoms with van der Waals surface area (Å²) in [5.41, 5.74) is 5.59. The van der Waals surface area contributed by atoms with Gasteiger partial charge in [0.15, 0.2) is 25.7 Å². The number of fused-ring (bicyclic) bond motifs is 1. The topological polar surface area (TPSA) is 186 Å². The number of nitrogens with two attached hydrogens (primary N) is 1. The number of hydrogen-bond acceptors (Lipinski definition) is 14. The van der Waals surface area contributed by atoms with Crippen LogP contribution in [0.2, 0.25) is 18.1 Å². The van der Waals surface area contributed by atoms with Crippen molar-refractivity contribution in [3.8, 4) is 0 Å². The second kappa shape index (κ2) is 16.6. The molecule has 0 aliphatic carbocycles. The molecular formula is C26H51N7O9P2Si. The molecular weight excluding hydrogens is 644 g/mol. The van der Waals surface area contributed by atoms with Gasteiger partial charge in [-0.15, -0.1) is 0 Å². The highest BCUT2D eigenvalue weighted by Crippen LogP contribution is 2.45. The van der Waals surface area contributed by atoms with E-state index in [9.17, 15) is 13.9 Å². The Balaban J connectivity index is 1.94. The van der Waals surface area contributed by atoms with Crippen LogP contribution in [0.4, 0.5) is 5.95 Å². The largest absolute Gasteiger partial charge is 0.407 e. The van der Waals surface area contributed by atoms with Crippen LogP contribution in [0.25, 0.3) is 11.2 Å². The molecule has 6 unspecified atom stereocenters. The average molecular weight is 696 g/mol. The molecule has 0 saturated carbocycles. The van der Waals surface area contributed by atoms with E-state index in [1.165, 1.54) is 6.33 Å². The molecule has 19 heteroatoms. The molecule has 258 valence electrons. The zero-order chi connectivity index (χ0) is 33.5. The van der Waals surface area contributed by atoms with Crippen LogP contribution >= 0.6 is 16.5 Å². The fourth-order valence-corrected chi connectivity index (χ4v) is 7.26. The van der Waals surface area contributed by atoms with Crippen LogP contribution in [0.15, 0.2) is 11.1 Å². The zero-order valence-corrected chi connectivity index (χ0v) is 30.8. The molecule has 3 N–H and O–H groups in total. The molecule has 6 atom stereocenters. The molecule has 1 saturated heterocycles. The fraction of sp³-hybridized carbons (Fsp3) is 0.808. The zero-order valence-electron chi connectivity index (χ0n) is 27.8. The Morgan fingerprint density at radius 3 is 2.20 bits per heavy atom. The molecule has 16 nitrogen and oxygen atoms in total. The summed E-state index contributed by atoms with van der Waals surface area (Å²) in [5.74, 6) is -0.0945. The Morgan fingerprint density at radius 1 is 1.02 bits per heavy atom. The maximum Gasteiger partial charge on any atom is 0.319 e. The number of rotatable bonds is 18. The number of nitrogen functional groups attached to an aromatic ring is 1. The van der Waals surface area contributed by atoms with Crippen LogP contribution < -0.4 is 11.3 Å². The summed E-state index contributed by atoms with van der Waals surface area (Å²) < 4.78 is 63.3. The van der Waals surface area contributed by atoms with Crippen molar-refractivity contribution >= 4 is 41.9 Å². The molecule has 0 aromatic carbocycles. The Bertz CT molecular complexity index is 1350. The number of ether oxygens (including phenoxy) is 1. The minimum absolute atomic E-state index is 0.0602. The third kappa shape index (κ3) is 10.8. The van der Waals surface area contributed by atoms with Crippen LogP contribution in [-0.2, 0) is 36.4 Å². The van der Waals surface area contributed by atoms with Crippen molar-refractivity contribution in [2.45, 2.75) is 76.3 Å². The first-order valence-electron chi connectivity index (χ1n) is 15.0. The van der Waals surface area contributed by atoms with Gasteiger partial charge in [0.25, 0.3) is 5.56 Å². The normalized spacial score (nSPS) is 22.6. The quantitative estimate of drug-likeness (QED) is 0.132. The SMILES string of the molecule is CN(C)CCCO[PH](=O)OCC1OC(n2cnc3c(=O)[nH]c(N)nc32)C(O[Si](C)(C)C(C)(C)C)C1O[PH](=O)OCCCN(C)C. The van der Waals surface area contributed by atoms with Crippen molar-refractivity contribution in [2.75, 3.05) is 66.8 Å². The molecule has 1 aliphatic heterocycles. The lowest BCUT2D eigenvalue weighted by molar-refractivity contribution is -0.0458. The lowest BCUT2D eigenvalue weighted by Gasteiger charge is -2.40. The third-order valence-electron chi connectivity index (χ3n) is 7.78. The highest BCUT2D eigenvalue weighted by atomic mass is 31.1. The minimum atomic E-state index is -3.02. The summed E-state index contributed by atoms with van der Waals surface area (Å²) in [7, 11) is -0.661. The molecule has 0 bridgehead atoms. The summed E-state index contributed by atoms with van der Waals surface area (Å²) in [6, 6.07) is 0. The van der Waals surface area contributed by atoms with Crippen LogP contribution in [0.5, 0.6) is 0 Å². The molecule has 1 fully saturated rings. The van der Waals surface area contributed by atoms with Gasteiger partial charge in [0.05, 0.1) is 26.1 Å². The van der Waals surface area contributed by atoms with Gasteiger partial charge in [-0.3, -0.25) is 23.5 Å². The van der Waals surface area contributed by atoms with Crippen molar-refractivity contribution in [2.24, 2.45) is 0 Å². The fourth-order valence-electron chi connectivity index (χ4n) is 4.39. The monoisotopic (exact) mass is 695 g/mol. The van der Waals surface area contributed by atoms with Crippen molar-refractivity contribution in [3.05, 3.63) is 16.7 Å². The average Bonchev–Trinajstić information content (AvgIpc) is 3.48. The summed E-state index contributed by atoms with van der Waals surface area (Å²) in [6.45, 7) is 12.2. The van der Waals surface area contributed by atoms with Gasteiger partial charge in [0, 0.05) is 0 Å². The van der Waals surface area contributed by atoms with Crippen LogP contribution in [-0.4, -0.2) is 117 Å². The first kappa shape index (κ1) is 38.0. The smallest absolute Gasteiger partial charge is 0.319 e. The minimum Gasteiger partial charge on any atom is -0.407 e. The molecule has 45 heavy (non-hydrogen) atoms. The predicted molar refractivity (Wildman–Crippen MR) is 176 cm³/mol. The summed E-state index contributed by atoms with van der Waals surface area (Å²) >= 11 is 0. The van der Waals surface area contributed by atoms with E-state index < -0.39 is 54.9 Å². The van der Waals surface area contributed by atoms with Crippen LogP contribution in [0.3, 0.4) is 0 Å². The number of anilines is 1. The van der Waals surface area contributed by atoms with Crippen molar-refractivity contribution < 1.29 is 36.4 Å². The van der Waals surface area contributed by atoms with E-state index in [-0.39, 0.29) is 42.0 Å². The molecule has 3 rings (SSSR count). The van der Waals surface area contributed by atoms with Gasteiger partial charge in [-0.1, -0.05) is 20.8 Å². The van der Waals surface area contributed by atoms with Crippen molar-refractivity contribution in [3.63, 3.8) is 0 Å². The first-order valence-corrected chi connectivity index (χ1v) is 20.3. The molecule has 3 heterocycles. The Hall–Kier alpha value is -1.49. The van der Waals surface area contributed by atoms with E-state index in [1.807, 2.05) is 38.0 Å². The molecule has 0 radical (unpaired) electrons. The number of hydrogen-bond donors (Lipinski definition) is 2. The van der Waals surface area contributed by atoms with E-state index in [0.29, 0.717) is 12.8 Å². The third-order valence-corrected chi connectivity index (χ3v) is 14.0. The van der Waals surface area contributed by atoms with E-state index in [2.05, 4.69) is 48.8 Å². The van der Waals surface area contributed by atoms with Gasteiger partial charge in [-0.05, 0) is 72.3 Å². The van der Waals surface area contributed by atoms with E-state index in [0.717, 1.165) is 13.1 Å². The highest BCUT2D eigenvalue weighted by Gasteiger charge is 2.53. The summed E-state index contributed by atoms with van der Waals surface area (Å²) in [4.78, 5) is 27.5. The van der Waals surface area contributed by atoms with Gasteiger partial charge < -0.3 is 42.8 Å². The first-order chi connectivity index (χ1) is 21.0. The number of aromatic nitrogens is 4. The molecule has 1 aliphatic rings. The Labute approximate surface area is 267 Å². The van der Waals surface area contributed by atoms with Gasteiger partial charge in [0.2, 0.25) is 5.95 Å². The second-order valence-corrected chi connectivity index (χ2v) is 19.9. The summed E-state index contributed by atoms with van der Waals surface area (Å²) in [5, 5.41) is -0.215. The van der Waals surface area contributed by atoms with Gasteiger partial charge >= 0.3 is 16.5 Å². The number of nitrogens with zero attached hydrogens (tertiary/aromatic N) is 5. The number of H-pyrrole nitrogens is 1. The lowest BCUT2D eigenvalue weighted by Crippen LogP contribution is -2.49. The predicted octanol–water partition coefficient (Wildman–Crippen LogP) is 3.11. The molecule has 2 aromatic heterocycles. The Kier molecular flexibility index (Phi) is 14.0. The standard InChI is InChI=1S/C26H51N7O9P2Si/c1-26(2,3)45(8,9)42-21-20(41-44(36)38-15-11-13-32(6)7)18(16-39-43(35)37-14-10-12-31(4)5)40-24(21)33-17-28-19-22(33)29-25(27)30-23(19)34/h17-18,20-21,24,43-44H,10-16H2,1-9H3,(H3,27,29,30,34). The van der Waals surface area contributed by atoms with Crippen molar-refractivity contribution in [1.82, 2.24) is 29.3 Å². The summed E-state index contributed by atoms with van der Waals surface area (Å²) in [6.07, 6.45) is -0.923. The molecule has 0 amide bonds. The van der Waals surface area contributed by atoms with Gasteiger partial charge in [0.1, 0.15) is 18.3 Å². The number of imidazole rings is 1. The highest BCUT2D eigenvalue weighted by molar-refractivity contribution is 7.33. The number of nitrogens with one attached hydrogen (secondary N) is 1. The molecule has 0 spiro atoms. The van der Waals surface area contributed by atoms with Crippen molar-refractivity contribution in [1.29, 1.82) is 0 Å². The second-order valence-electron chi connectivity index (χ2n) is 13.1. The number of aromatic amines is 1. The van der Waals surface area contributed by atoms with Crippen LogP contribution in [0, 0.1) is 0 Å². The molecule has 2 aromatic rings. The van der Waals surface area contributed by atoms with Gasteiger partial charge in [-0.2, -0.15) is 4.98 Å². The van der Waals surface area contributed by atoms with E-state index >= 15 is 0 Å². The maximum atomic E-state index is 13.2. The maximum absolute atomic E-state index is 13.2. The van der Waals surface area contributed by atoms with Crippen LogP contribution in [0.1, 0.15) is 39.8 Å². The van der Waals surface area contributed by atoms with E-state index in [1.54, 1.807) is 4.57 Å². The van der Waals surface area contributed by atoms with Gasteiger partial charge in [-0.25, -0.2) is 4.98 Å².